The Morgan fingerprint density at radius 2 is 1.95 bits per heavy atom. The van der Waals surface area contributed by atoms with Crippen LogP contribution < -0.4 is 0 Å². The van der Waals surface area contributed by atoms with Crippen molar-refractivity contribution in [1.29, 1.82) is 0 Å². The van der Waals surface area contributed by atoms with E-state index in [0.717, 1.165) is 31.7 Å². The third-order valence-electron chi connectivity index (χ3n) is 3.61. The van der Waals surface area contributed by atoms with Crippen molar-refractivity contribution in [2.75, 3.05) is 6.61 Å². The van der Waals surface area contributed by atoms with Crippen molar-refractivity contribution < 1.29 is 22.5 Å². The van der Waals surface area contributed by atoms with Crippen molar-refractivity contribution in [2.24, 2.45) is 5.92 Å². The first kappa shape index (κ1) is 16.5. The van der Waals surface area contributed by atoms with Crippen LogP contribution in [0.3, 0.4) is 0 Å². The Morgan fingerprint density at radius 1 is 1.29 bits per heavy atom. The number of esters is 1. The molecule has 0 N–H and O–H groups in total. The summed E-state index contributed by atoms with van der Waals surface area (Å²) < 4.78 is 39.3. The molecule has 116 valence electrons. The summed E-state index contributed by atoms with van der Waals surface area (Å²) in [5.41, 5.74) is -0.205. The van der Waals surface area contributed by atoms with Crippen LogP contribution in [0.4, 0.5) is 0 Å². The largest absolute Gasteiger partial charge is 0.744 e. The Hall–Kier alpha value is -0.920. The van der Waals surface area contributed by atoms with Crippen LogP contribution in [0, 0.1) is 5.92 Å². The van der Waals surface area contributed by atoms with Crippen molar-refractivity contribution in [2.45, 2.75) is 37.0 Å². The van der Waals surface area contributed by atoms with Gasteiger partial charge < -0.3 is 9.29 Å². The quantitative estimate of drug-likeness (QED) is 0.596. The molecule has 0 amide bonds. The summed E-state index contributed by atoms with van der Waals surface area (Å²) in [4.78, 5) is 11.5. The summed E-state index contributed by atoms with van der Waals surface area (Å²) in [6.45, 7) is 0.271. The summed E-state index contributed by atoms with van der Waals surface area (Å²) in [5, 5.41) is 0. The number of rotatable bonds is 4. The van der Waals surface area contributed by atoms with Crippen LogP contribution in [0.15, 0.2) is 27.6 Å². The lowest BCUT2D eigenvalue weighted by Crippen LogP contribution is -2.18. The highest BCUT2D eigenvalue weighted by molar-refractivity contribution is 9.10. The summed E-state index contributed by atoms with van der Waals surface area (Å²) in [5.74, 6) is -0.437. The number of ether oxygens (including phenoxy) is 1. The summed E-state index contributed by atoms with van der Waals surface area (Å²) in [6, 6.07) is 3.92. The Labute approximate surface area is 132 Å². The zero-order valence-corrected chi connectivity index (χ0v) is 13.8. The molecule has 0 aliphatic heterocycles. The molecule has 0 saturated heterocycles. The van der Waals surface area contributed by atoms with Crippen molar-refractivity contribution >= 4 is 32.0 Å². The minimum absolute atomic E-state index is 0.205. The van der Waals surface area contributed by atoms with Crippen molar-refractivity contribution in [1.82, 2.24) is 0 Å². The maximum Gasteiger partial charge on any atom is 0.339 e. The molecule has 0 unspecified atom stereocenters. The standard InChI is InChI=1S/C14H17BrO5S/c15-11-6-7-12(13(8-11)21(17,18)19)14(16)20-9-10-4-2-1-3-5-10/h6-8,10H,1-5,9H2,(H,17,18,19)/p-1. The molecule has 0 atom stereocenters. The fourth-order valence-electron chi connectivity index (χ4n) is 2.50. The van der Waals surface area contributed by atoms with Crippen LogP contribution >= 0.6 is 15.9 Å². The van der Waals surface area contributed by atoms with Gasteiger partial charge >= 0.3 is 5.97 Å². The Balaban J connectivity index is 2.11. The molecule has 0 spiro atoms. The van der Waals surface area contributed by atoms with E-state index >= 15 is 0 Å². The van der Waals surface area contributed by atoms with Crippen LogP contribution in [0.1, 0.15) is 42.5 Å². The molecule has 7 heteroatoms. The van der Waals surface area contributed by atoms with Crippen LogP contribution in [0.25, 0.3) is 0 Å². The van der Waals surface area contributed by atoms with Gasteiger partial charge in [-0.15, -0.1) is 0 Å². The first-order valence-corrected chi connectivity index (χ1v) is 9.00. The molecule has 1 saturated carbocycles. The summed E-state index contributed by atoms with van der Waals surface area (Å²) in [7, 11) is -4.73. The smallest absolute Gasteiger partial charge is 0.339 e. The lowest BCUT2D eigenvalue weighted by atomic mass is 9.90. The van der Waals surface area contributed by atoms with Crippen LogP contribution in [-0.2, 0) is 14.9 Å². The average molecular weight is 376 g/mol. The van der Waals surface area contributed by atoms with Gasteiger partial charge in [0.25, 0.3) is 0 Å². The lowest BCUT2D eigenvalue weighted by Gasteiger charge is -2.21. The Kier molecular flexibility index (Phi) is 5.40. The molecule has 1 aromatic carbocycles. The van der Waals surface area contributed by atoms with E-state index in [0.29, 0.717) is 10.4 Å². The fraction of sp³-hybridized carbons (Fsp3) is 0.500. The molecule has 0 aromatic heterocycles. The van der Waals surface area contributed by atoms with Gasteiger partial charge in [0, 0.05) is 4.47 Å². The van der Waals surface area contributed by atoms with Gasteiger partial charge in [-0.2, -0.15) is 0 Å². The molecule has 1 aliphatic carbocycles. The molecular weight excluding hydrogens is 360 g/mol. The highest BCUT2D eigenvalue weighted by Gasteiger charge is 2.20. The van der Waals surface area contributed by atoms with E-state index in [1.165, 1.54) is 18.6 Å². The minimum Gasteiger partial charge on any atom is -0.744 e. The zero-order chi connectivity index (χ0) is 15.5. The van der Waals surface area contributed by atoms with Gasteiger partial charge in [0.15, 0.2) is 0 Å². The topological polar surface area (TPSA) is 83.5 Å². The van der Waals surface area contributed by atoms with Gasteiger partial charge in [-0.25, -0.2) is 13.2 Å². The second-order valence-corrected chi connectivity index (χ2v) is 7.46. The van der Waals surface area contributed by atoms with Crippen LogP contribution in [0.2, 0.25) is 0 Å². The predicted molar refractivity (Wildman–Crippen MR) is 79.0 cm³/mol. The summed E-state index contributed by atoms with van der Waals surface area (Å²) >= 11 is 3.08. The molecule has 0 radical (unpaired) electrons. The minimum atomic E-state index is -4.73. The predicted octanol–water partition coefficient (Wildman–Crippen LogP) is 3.09. The first-order valence-electron chi connectivity index (χ1n) is 6.80. The SMILES string of the molecule is O=C(OCC1CCCCC1)c1ccc(Br)cc1S(=O)(=O)[O-]. The van der Waals surface area contributed by atoms with E-state index in [1.807, 2.05) is 0 Å². The third-order valence-corrected chi connectivity index (χ3v) is 4.98. The first-order chi connectivity index (χ1) is 9.88. The van der Waals surface area contributed by atoms with Crippen molar-refractivity contribution in [3.05, 3.63) is 28.2 Å². The van der Waals surface area contributed by atoms with E-state index in [1.54, 1.807) is 0 Å². The highest BCUT2D eigenvalue weighted by atomic mass is 79.9. The number of carbonyl (C=O) groups excluding carboxylic acids is 1. The second-order valence-electron chi connectivity index (χ2n) is 5.20. The van der Waals surface area contributed by atoms with Gasteiger partial charge in [0.2, 0.25) is 0 Å². The van der Waals surface area contributed by atoms with Gasteiger partial charge in [0.1, 0.15) is 10.1 Å². The molecule has 0 heterocycles. The molecule has 21 heavy (non-hydrogen) atoms. The molecule has 1 fully saturated rings. The number of benzene rings is 1. The molecule has 1 aromatic rings. The van der Waals surface area contributed by atoms with Crippen molar-refractivity contribution in [3.63, 3.8) is 0 Å². The maximum atomic E-state index is 12.0. The lowest BCUT2D eigenvalue weighted by molar-refractivity contribution is 0.0405. The summed E-state index contributed by atoms with van der Waals surface area (Å²) in [6.07, 6.45) is 5.48. The molecule has 1 aliphatic rings. The Morgan fingerprint density at radius 3 is 2.57 bits per heavy atom. The molecule has 0 bridgehead atoms. The van der Waals surface area contributed by atoms with E-state index < -0.39 is 21.0 Å². The highest BCUT2D eigenvalue weighted by Crippen LogP contribution is 2.25. The normalized spacial score (nSPS) is 16.7. The van der Waals surface area contributed by atoms with E-state index in [9.17, 15) is 17.8 Å². The molecular formula is C14H16BrO5S-. The fourth-order valence-corrected chi connectivity index (χ4v) is 3.70. The van der Waals surface area contributed by atoms with Crippen LogP contribution in [0.5, 0.6) is 0 Å². The average Bonchev–Trinajstić information content (AvgIpc) is 2.45. The van der Waals surface area contributed by atoms with E-state index in [4.69, 9.17) is 4.74 Å². The second kappa shape index (κ2) is 6.89. The Bertz CT molecular complexity index is 620. The van der Waals surface area contributed by atoms with Gasteiger partial charge in [-0.3, -0.25) is 0 Å². The van der Waals surface area contributed by atoms with Gasteiger partial charge in [0.05, 0.1) is 17.1 Å². The molecule has 5 nitrogen and oxygen atoms in total. The van der Waals surface area contributed by atoms with Gasteiger partial charge in [-0.05, 0) is 37.0 Å². The van der Waals surface area contributed by atoms with Crippen LogP contribution in [-0.4, -0.2) is 25.5 Å². The number of hydrogen-bond acceptors (Lipinski definition) is 5. The molecule has 2 rings (SSSR count). The number of carbonyl (C=O) groups is 1. The monoisotopic (exact) mass is 375 g/mol. The van der Waals surface area contributed by atoms with E-state index in [-0.39, 0.29) is 12.2 Å². The maximum absolute atomic E-state index is 12.0. The van der Waals surface area contributed by atoms with Crippen molar-refractivity contribution in [3.8, 4) is 0 Å². The third kappa shape index (κ3) is 4.52. The van der Waals surface area contributed by atoms with E-state index in [2.05, 4.69) is 15.9 Å². The number of hydrogen-bond donors (Lipinski definition) is 0. The zero-order valence-electron chi connectivity index (χ0n) is 11.4. The van der Waals surface area contributed by atoms with Gasteiger partial charge in [-0.1, -0.05) is 35.2 Å². The number of halogens is 1.